The van der Waals surface area contributed by atoms with Crippen molar-refractivity contribution < 1.29 is 14.7 Å². The summed E-state index contributed by atoms with van der Waals surface area (Å²) in [6.45, 7) is 0. The van der Waals surface area contributed by atoms with Crippen molar-refractivity contribution in [2.75, 3.05) is 7.05 Å². The van der Waals surface area contributed by atoms with E-state index >= 15 is 0 Å². The van der Waals surface area contributed by atoms with Crippen LogP contribution < -0.4 is 10.6 Å². The SMILES string of the molecule is CNC1(CC(=O)NC(C(=O)O)C2CC2)CCCCC1. The minimum atomic E-state index is -0.905. The molecular formula is C14H24N2O3. The van der Waals surface area contributed by atoms with Crippen molar-refractivity contribution in [2.45, 2.75) is 62.9 Å². The Morgan fingerprint density at radius 2 is 1.89 bits per heavy atom. The molecule has 0 radical (unpaired) electrons. The number of amides is 1. The van der Waals surface area contributed by atoms with Gasteiger partial charge < -0.3 is 15.7 Å². The highest BCUT2D eigenvalue weighted by atomic mass is 16.4. The molecule has 0 heterocycles. The van der Waals surface area contributed by atoms with Crippen LogP contribution in [0, 0.1) is 5.92 Å². The molecule has 0 aromatic heterocycles. The van der Waals surface area contributed by atoms with Gasteiger partial charge in [0.05, 0.1) is 0 Å². The fourth-order valence-corrected chi connectivity index (χ4v) is 3.09. The predicted molar refractivity (Wildman–Crippen MR) is 71.8 cm³/mol. The van der Waals surface area contributed by atoms with Crippen LogP contribution >= 0.6 is 0 Å². The van der Waals surface area contributed by atoms with E-state index in [2.05, 4.69) is 10.6 Å². The highest BCUT2D eigenvalue weighted by Gasteiger charge is 2.39. The highest BCUT2D eigenvalue weighted by molar-refractivity contribution is 5.84. The number of carboxylic acids is 1. The fraction of sp³-hybridized carbons (Fsp3) is 0.857. The normalized spacial score (nSPS) is 23.6. The van der Waals surface area contributed by atoms with Crippen molar-refractivity contribution in [2.24, 2.45) is 5.92 Å². The molecule has 108 valence electrons. The van der Waals surface area contributed by atoms with Crippen LogP contribution in [0.25, 0.3) is 0 Å². The molecule has 19 heavy (non-hydrogen) atoms. The van der Waals surface area contributed by atoms with Crippen molar-refractivity contribution in [1.82, 2.24) is 10.6 Å². The summed E-state index contributed by atoms with van der Waals surface area (Å²) < 4.78 is 0. The zero-order valence-electron chi connectivity index (χ0n) is 11.6. The largest absolute Gasteiger partial charge is 0.480 e. The van der Waals surface area contributed by atoms with Crippen molar-refractivity contribution in [1.29, 1.82) is 0 Å². The zero-order chi connectivity index (χ0) is 13.9. The van der Waals surface area contributed by atoms with Gasteiger partial charge in [-0.05, 0) is 38.6 Å². The van der Waals surface area contributed by atoms with Gasteiger partial charge in [0.15, 0.2) is 0 Å². The molecule has 5 heteroatoms. The van der Waals surface area contributed by atoms with E-state index in [0.29, 0.717) is 6.42 Å². The van der Waals surface area contributed by atoms with E-state index in [9.17, 15) is 9.59 Å². The zero-order valence-corrected chi connectivity index (χ0v) is 11.6. The van der Waals surface area contributed by atoms with E-state index in [1.54, 1.807) is 0 Å². The first-order valence-corrected chi connectivity index (χ1v) is 7.27. The molecule has 1 atom stereocenters. The van der Waals surface area contributed by atoms with Crippen molar-refractivity contribution in [3.05, 3.63) is 0 Å². The van der Waals surface area contributed by atoms with Gasteiger partial charge in [-0.15, -0.1) is 0 Å². The highest BCUT2D eigenvalue weighted by Crippen LogP contribution is 2.34. The van der Waals surface area contributed by atoms with Crippen LogP contribution in [-0.4, -0.2) is 35.6 Å². The summed E-state index contributed by atoms with van der Waals surface area (Å²) in [6.07, 6.45) is 7.71. The number of carbonyl (C=O) groups excluding carboxylic acids is 1. The molecule has 0 saturated heterocycles. The first-order chi connectivity index (χ1) is 9.06. The average molecular weight is 268 g/mol. The molecule has 0 aromatic carbocycles. The number of aliphatic carboxylic acids is 1. The molecule has 0 bridgehead atoms. The second-order valence-corrected chi connectivity index (χ2v) is 5.99. The molecule has 2 aliphatic carbocycles. The van der Waals surface area contributed by atoms with E-state index in [-0.39, 0.29) is 17.4 Å². The molecule has 2 saturated carbocycles. The lowest BCUT2D eigenvalue weighted by molar-refractivity contribution is -0.142. The molecule has 5 nitrogen and oxygen atoms in total. The van der Waals surface area contributed by atoms with Gasteiger partial charge in [0, 0.05) is 12.0 Å². The fourth-order valence-electron chi connectivity index (χ4n) is 3.09. The van der Waals surface area contributed by atoms with Crippen LogP contribution in [0.4, 0.5) is 0 Å². The summed E-state index contributed by atoms with van der Waals surface area (Å²) in [5.41, 5.74) is -0.130. The van der Waals surface area contributed by atoms with Crippen LogP contribution in [0.3, 0.4) is 0 Å². The second kappa shape index (κ2) is 5.90. The number of hydrogen-bond donors (Lipinski definition) is 3. The lowest BCUT2D eigenvalue weighted by Crippen LogP contribution is -2.51. The Morgan fingerprint density at radius 1 is 1.26 bits per heavy atom. The maximum Gasteiger partial charge on any atom is 0.326 e. The van der Waals surface area contributed by atoms with E-state index in [1.165, 1.54) is 6.42 Å². The molecule has 0 aromatic rings. The van der Waals surface area contributed by atoms with Crippen LogP contribution in [0.2, 0.25) is 0 Å². The van der Waals surface area contributed by atoms with Gasteiger partial charge in [-0.3, -0.25) is 4.79 Å². The summed E-state index contributed by atoms with van der Waals surface area (Å²) in [6, 6.07) is -0.690. The first kappa shape index (κ1) is 14.3. The van der Waals surface area contributed by atoms with Crippen molar-refractivity contribution in [3.8, 4) is 0 Å². The van der Waals surface area contributed by atoms with Crippen LogP contribution in [0.1, 0.15) is 51.4 Å². The third-order valence-corrected chi connectivity index (χ3v) is 4.52. The van der Waals surface area contributed by atoms with Crippen LogP contribution in [0.5, 0.6) is 0 Å². The maximum atomic E-state index is 12.1. The number of nitrogens with one attached hydrogen (secondary N) is 2. The summed E-state index contributed by atoms with van der Waals surface area (Å²) in [7, 11) is 1.90. The summed E-state index contributed by atoms with van der Waals surface area (Å²) in [5, 5.41) is 15.1. The third kappa shape index (κ3) is 3.69. The Kier molecular flexibility index (Phi) is 4.45. The molecule has 1 amide bonds. The number of rotatable bonds is 6. The molecule has 2 rings (SSSR count). The average Bonchev–Trinajstić information content (AvgIpc) is 3.21. The van der Waals surface area contributed by atoms with Crippen LogP contribution in [-0.2, 0) is 9.59 Å². The Morgan fingerprint density at radius 3 is 2.37 bits per heavy atom. The van der Waals surface area contributed by atoms with E-state index in [0.717, 1.165) is 38.5 Å². The maximum absolute atomic E-state index is 12.1. The first-order valence-electron chi connectivity index (χ1n) is 7.27. The number of hydrogen-bond acceptors (Lipinski definition) is 3. The Balaban J connectivity index is 1.89. The minimum Gasteiger partial charge on any atom is -0.480 e. The van der Waals surface area contributed by atoms with Gasteiger partial charge in [0.25, 0.3) is 0 Å². The minimum absolute atomic E-state index is 0.129. The van der Waals surface area contributed by atoms with Crippen LogP contribution in [0.15, 0.2) is 0 Å². The molecule has 1 unspecified atom stereocenters. The third-order valence-electron chi connectivity index (χ3n) is 4.52. The van der Waals surface area contributed by atoms with E-state index < -0.39 is 12.0 Å². The molecule has 0 spiro atoms. The summed E-state index contributed by atoms with van der Waals surface area (Å²) in [5.74, 6) is -0.896. The quantitative estimate of drug-likeness (QED) is 0.678. The van der Waals surface area contributed by atoms with Crippen molar-refractivity contribution >= 4 is 11.9 Å². The summed E-state index contributed by atoms with van der Waals surface area (Å²) in [4.78, 5) is 23.2. The second-order valence-electron chi connectivity index (χ2n) is 5.99. The van der Waals surface area contributed by atoms with Gasteiger partial charge in [-0.1, -0.05) is 19.3 Å². The van der Waals surface area contributed by atoms with E-state index in [4.69, 9.17) is 5.11 Å². The lowest BCUT2D eigenvalue weighted by atomic mass is 9.79. The van der Waals surface area contributed by atoms with Gasteiger partial charge in [-0.2, -0.15) is 0 Å². The van der Waals surface area contributed by atoms with Gasteiger partial charge in [0.2, 0.25) is 5.91 Å². The molecular weight excluding hydrogens is 244 g/mol. The topological polar surface area (TPSA) is 78.4 Å². The van der Waals surface area contributed by atoms with Gasteiger partial charge in [-0.25, -0.2) is 4.79 Å². The molecule has 0 aliphatic heterocycles. The Hall–Kier alpha value is -1.10. The standard InChI is InChI=1S/C14H24N2O3/c1-15-14(7-3-2-4-8-14)9-11(17)16-12(13(18)19)10-5-6-10/h10,12,15H,2-9H2,1H3,(H,16,17)(H,18,19). The lowest BCUT2D eigenvalue weighted by Gasteiger charge is -2.37. The van der Waals surface area contributed by atoms with E-state index in [1.807, 2.05) is 7.05 Å². The van der Waals surface area contributed by atoms with Crippen molar-refractivity contribution in [3.63, 3.8) is 0 Å². The van der Waals surface area contributed by atoms with Gasteiger partial charge >= 0.3 is 5.97 Å². The summed E-state index contributed by atoms with van der Waals surface area (Å²) >= 11 is 0. The molecule has 2 fully saturated rings. The molecule has 3 N–H and O–H groups in total. The van der Waals surface area contributed by atoms with Gasteiger partial charge in [0.1, 0.15) is 6.04 Å². The number of carboxylic acid groups (broad SMARTS) is 1. The smallest absolute Gasteiger partial charge is 0.326 e. The Labute approximate surface area is 114 Å². The monoisotopic (exact) mass is 268 g/mol. The molecule has 2 aliphatic rings. The number of carbonyl (C=O) groups is 2. The predicted octanol–water partition coefficient (Wildman–Crippen LogP) is 1.28. The Bertz CT molecular complexity index is 347.